The van der Waals surface area contributed by atoms with Gasteiger partial charge in [-0.15, -0.1) is 11.3 Å². The van der Waals surface area contributed by atoms with E-state index in [2.05, 4.69) is 20.5 Å². The Bertz CT molecular complexity index is 975. The van der Waals surface area contributed by atoms with E-state index in [1.54, 1.807) is 29.0 Å². The van der Waals surface area contributed by atoms with Gasteiger partial charge in [0.1, 0.15) is 5.82 Å². The number of anilines is 1. The van der Waals surface area contributed by atoms with Gasteiger partial charge in [-0.1, -0.05) is 12.1 Å². The normalized spacial score (nSPS) is 17.2. The predicted octanol–water partition coefficient (Wildman–Crippen LogP) is 4.90. The molecule has 30 heavy (non-hydrogen) atoms. The van der Waals surface area contributed by atoms with Gasteiger partial charge in [-0.25, -0.2) is 14.2 Å². The lowest BCUT2D eigenvalue weighted by Gasteiger charge is -2.32. The van der Waals surface area contributed by atoms with Crippen LogP contribution in [0.25, 0.3) is 10.2 Å². The van der Waals surface area contributed by atoms with Crippen LogP contribution in [0.3, 0.4) is 0 Å². The minimum absolute atomic E-state index is 0.174. The van der Waals surface area contributed by atoms with Gasteiger partial charge in [-0.05, 0) is 80.6 Å². The highest BCUT2D eigenvalue weighted by atomic mass is 32.1. The SMILES string of the molecule is O=C(NCCCN1CCCC(Cc2ccc(F)cc2)C1)Nc1ccc2ncsc2c1. The van der Waals surface area contributed by atoms with E-state index in [-0.39, 0.29) is 11.8 Å². The van der Waals surface area contributed by atoms with Gasteiger partial charge in [0.05, 0.1) is 15.7 Å². The van der Waals surface area contributed by atoms with Crippen molar-refractivity contribution in [2.24, 2.45) is 5.92 Å². The fraction of sp³-hybridized carbons (Fsp3) is 0.391. The molecule has 2 N–H and O–H groups in total. The number of halogens is 1. The van der Waals surface area contributed by atoms with E-state index in [9.17, 15) is 9.18 Å². The largest absolute Gasteiger partial charge is 0.338 e. The fourth-order valence-corrected chi connectivity index (χ4v) is 4.80. The number of rotatable bonds is 7. The highest BCUT2D eigenvalue weighted by Crippen LogP contribution is 2.22. The zero-order valence-corrected chi connectivity index (χ0v) is 17.8. The van der Waals surface area contributed by atoms with E-state index in [1.807, 2.05) is 30.3 Å². The number of nitrogens with one attached hydrogen (secondary N) is 2. The van der Waals surface area contributed by atoms with E-state index >= 15 is 0 Å². The number of amides is 2. The van der Waals surface area contributed by atoms with Crippen LogP contribution < -0.4 is 10.6 Å². The third-order valence-electron chi connectivity index (χ3n) is 5.57. The lowest BCUT2D eigenvalue weighted by molar-refractivity contribution is 0.172. The quantitative estimate of drug-likeness (QED) is 0.528. The molecule has 5 nitrogen and oxygen atoms in total. The van der Waals surface area contributed by atoms with Crippen molar-refractivity contribution >= 4 is 33.3 Å². The van der Waals surface area contributed by atoms with Crippen molar-refractivity contribution in [2.75, 3.05) is 31.5 Å². The average molecular weight is 427 g/mol. The molecule has 2 aromatic carbocycles. The molecule has 2 heterocycles. The Hall–Kier alpha value is -2.51. The van der Waals surface area contributed by atoms with E-state index in [0.29, 0.717) is 12.5 Å². The van der Waals surface area contributed by atoms with Crippen LogP contribution in [0.4, 0.5) is 14.9 Å². The minimum atomic E-state index is -0.176. The Kier molecular flexibility index (Phi) is 6.92. The Morgan fingerprint density at radius 2 is 2.10 bits per heavy atom. The topological polar surface area (TPSA) is 57.3 Å². The number of hydrogen-bond donors (Lipinski definition) is 2. The summed E-state index contributed by atoms with van der Waals surface area (Å²) in [7, 11) is 0. The van der Waals surface area contributed by atoms with Gasteiger partial charge in [-0.2, -0.15) is 0 Å². The number of hydrogen-bond acceptors (Lipinski definition) is 4. The summed E-state index contributed by atoms with van der Waals surface area (Å²) in [6, 6.07) is 12.4. The molecular formula is C23H27FN4OS. The molecule has 1 unspecified atom stereocenters. The van der Waals surface area contributed by atoms with Gasteiger partial charge >= 0.3 is 6.03 Å². The van der Waals surface area contributed by atoms with Crippen molar-refractivity contribution in [3.63, 3.8) is 0 Å². The third-order valence-corrected chi connectivity index (χ3v) is 6.36. The van der Waals surface area contributed by atoms with E-state index in [4.69, 9.17) is 0 Å². The van der Waals surface area contributed by atoms with Crippen LogP contribution in [-0.2, 0) is 6.42 Å². The first kappa shape index (κ1) is 20.8. The van der Waals surface area contributed by atoms with Crippen LogP contribution in [0.2, 0.25) is 0 Å². The average Bonchev–Trinajstić information content (AvgIpc) is 3.21. The van der Waals surface area contributed by atoms with Crippen LogP contribution in [0.15, 0.2) is 48.0 Å². The second-order valence-corrected chi connectivity index (χ2v) is 8.80. The maximum atomic E-state index is 13.1. The van der Waals surface area contributed by atoms with Crippen molar-refractivity contribution < 1.29 is 9.18 Å². The summed E-state index contributed by atoms with van der Waals surface area (Å²) in [5.74, 6) is 0.437. The van der Waals surface area contributed by atoms with Crippen LogP contribution in [0.1, 0.15) is 24.8 Å². The fourth-order valence-electron chi connectivity index (χ4n) is 4.09. The molecular weight excluding hydrogens is 399 g/mol. The van der Waals surface area contributed by atoms with Gasteiger partial charge < -0.3 is 15.5 Å². The second-order valence-electron chi connectivity index (χ2n) is 7.91. The van der Waals surface area contributed by atoms with Gasteiger partial charge in [0.15, 0.2) is 0 Å². The minimum Gasteiger partial charge on any atom is -0.338 e. The summed E-state index contributed by atoms with van der Waals surface area (Å²) in [6.45, 7) is 3.81. The Labute approximate surface area is 180 Å². The second kappa shape index (κ2) is 10.00. The smallest absolute Gasteiger partial charge is 0.319 e. The van der Waals surface area contributed by atoms with E-state index in [0.717, 1.165) is 48.4 Å². The van der Waals surface area contributed by atoms with Crippen molar-refractivity contribution in [3.05, 3.63) is 59.4 Å². The highest BCUT2D eigenvalue weighted by molar-refractivity contribution is 7.16. The van der Waals surface area contributed by atoms with Gasteiger partial charge in [0, 0.05) is 18.8 Å². The molecule has 1 saturated heterocycles. The molecule has 158 valence electrons. The number of urea groups is 1. The van der Waals surface area contributed by atoms with Crippen LogP contribution in [0.5, 0.6) is 0 Å². The maximum Gasteiger partial charge on any atom is 0.319 e. The Balaban J connectivity index is 1.15. The number of fused-ring (bicyclic) bond motifs is 1. The summed E-state index contributed by atoms with van der Waals surface area (Å²) in [5.41, 5.74) is 4.74. The third kappa shape index (κ3) is 5.77. The van der Waals surface area contributed by atoms with Gasteiger partial charge in [0.25, 0.3) is 0 Å². The lowest BCUT2D eigenvalue weighted by atomic mass is 9.91. The molecule has 2 amide bonds. The molecule has 1 atom stereocenters. The zero-order valence-electron chi connectivity index (χ0n) is 16.9. The molecule has 0 spiro atoms. The standard InChI is InChI=1S/C23H27FN4OS/c24-19-6-4-17(5-7-19)13-18-3-1-11-28(15-18)12-2-10-25-23(29)27-20-8-9-21-22(14-20)30-16-26-21/h4-9,14,16,18H,1-3,10-13,15H2,(H2,25,27,29). The number of carbonyl (C=O) groups excluding carboxylic acids is 1. The number of nitrogens with zero attached hydrogens (tertiary/aromatic N) is 2. The van der Waals surface area contributed by atoms with Crippen molar-refractivity contribution in [2.45, 2.75) is 25.7 Å². The summed E-state index contributed by atoms with van der Waals surface area (Å²) in [5, 5.41) is 5.83. The first-order valence-corrected chi connectivity index (χ1v) is 11.4. The molecule has 7 heteroatoms. The zero-order chi connectivity index (χ0) is 20.8. The van der Waals surface area contributed by atoms with E-state index < -0.39 is 0 Å². The molecule has 1 aromatic heterocycles. The first-order chi connectivity index (χ1) is 14.7. The van der Waals surface area contributed by atoms with Crippen LogP contribution >= 0.6 is 11.3 Å². The number of aromatic nitrogens is 1. The van der Waals surface area contributed by atoms with E-state index in [1.165, 1.54) is 18.4 Å². The van der Waals surface area contributed by atoms with Crippen molar-refractivity contribution in [1.29, 1.82) is 0 Å². The summed E-state index contributed by atoms with van der Waals surface area (Å²) in [6.07, 6.45) is 4.34. The molecule has 0 bridgehead atoms. The molecule has 0 aliphatic carbocycles. The first-order valence-electron chi connectivity index (χ1n) is 10.5. The molecule has 0 radical (unpaired) electrons. The summed E-state index contributed by atoms with van der Waals surface area (Å²) >= 11 is 1.56. The van der Waals surface area contributed by atoms with Gasteiger partial charge in [-0.3, -0.25) is 0 Å². The van der Waals surface area contributed by atoms with Crippen LogP contribution in [0, 0.1) is 11.7 Å². The lowest BCUT2D eigenvalue weighted by Crippen LogP contribution is -2.38. The number of piperidine rings is 1. The van der Waals surface area contributed by atoms with Gasteiger partial charge in [0.2, 0.25) is 0 Å². The maximum absolute atomic E-state index is 13.1. The monoisotopic (exact) mass is 426 g/mol. The number of likely N-dealkylation sites (tertiary alicyclic amines) is 1. The predicted molar refractivity (Wildman–Crippen MR) is 121 cm³/mol. The summed E-state index contributed by atoms with van der Waals surface area (Å²) in [4.78, 5) is 18.9. The number of carbonyl (C=O) groups is 1. The molecule has 4 rings (SSSR count). The molecule has 1 fully saturated rings. The van der Waals surface area contributed by atoms with Crippen molar-refractivity contribution in [1.82, 2.24) is 15.2 Å². The highest BCUT2D eigenvalue weighted by Gasteiger charge is 2.19. The van der Waals surface area contributed by atoms with Crippen molar-refractivity contribution in [3.8, 4) is 0 Å². The number of thiazole rings is 1. The van der Waals surface area contributed by atoms with Crippen LogP contribution in [-0.4, -0.2) is 42.1 Å². The summed E-state index contributed by atoms with van der Waals surface area (Å²) < 4.78 is 14.1. The molecule has 3 aromatic rings. The molecule has 1 aliphatic rings. The molecule has 1 aliphatic heterocycles. The Morgan fingerprint density at radius 3 is 2.97 bits per heavy atom. The Morgan fingerprint density at radius 1 is 1.23 bits per heavy atom. The number of benzene rings is 2. The molecule has 0 saturated carbocycles.